The number of aryl methyl sites for hydroxylation is 2. The third kappa shape index (κ3) is 3.49. The van der Waals surface area contributed by atoms with Crippen LogP contribution in [0.3, 0.4) is 0 Å². The van der Waals surface area contributed by atoms with Crippen molar-refractivity contribution >= 4 is 33.5 Å². The number of pyridine rings is 1. The Balaban J connectivity index is 1.66. The lowest BCUT2D eigenvalue weighted by atomic mass is 9.86. The third-order valence-corrected chi connectivity index (χ3v) is 7.07. The summed E-state index contributed by atoms with van der Waals surface area (Å²) in [7, 11) is 1.70. The first-order valence-corrected chi connectivity index (χ1v) is 11.8. The van der Waals surface area contributed by atoms with Gasteiger partial charge in [-0.25, -0.2) is 4.68 Å². The summed E-state index contributed by atoms with van der Waals surface area (Å²) in [6.07, 6.45) is 3.58. The summed E-state index contributed by atoms with van der Waals surface area (Å²) < 4.78 is 33.5. The summed E-state index contributed by atoms with van der Waals surface area (Å²) in [6, 6.07) is 18.4. The van der Waals surface area contributed by atoms with Crippen LogP contribution in [-0.2, 0) is 11.8 Å². The molecule has 0 spiro atoms. The van der Waals surface area contributed by atoms with Crippen LogP contribution in [0.25, 0.3) is 33.2 Å². The SMILES string of the molecule is [2H]C([2H])([2H])c1nnn(C)c1-c1cnc2c3ccc(Cl)cc3n([C@H](c3ccccc3)C3CCOCC3)c2c1. The Morgan fingerprint density at radius 3 is 2.71 bits per heavy atom. The monoisotopic (exact) mass is 474 g/mol. The molecule has 5 aromatic rings. The molecule has 1 atom stereocenters. The predicted molar refractivity (Wildman–Crippen MR) is 135 cm³/mol. The Bertz CT molecular complexity index is 1590. The first-order chi connectivity index (χ1) is 17.8. The van der Waals surface area contributed by atoms with E-state index in [1.165, 1.54) is 10.2 Å². The normalized spacial score (nSPS) is 17.5. The van der Waals surface area contributed by atoms with E-state index < -0.39 is 6.85 Å². The molecule has 34 heavy (non-hydrogen) atoms. The van der Waals surface area contributed by atoms with Crippen LogP contribution in [-0.4, -0.2) is 37.8 Å². The maximum Gasteiger partial charge on any atom is 0.0960 e. The van der Waals surface area contributed by atoms with E-state index in [9.17, 15) is 0 Å². The minimum absolute atomic E-state index is 0.0207. The third-order valence-electron chi connectivity index (χ3n) is 6.83. The van der Waals surface area contributed by atoms with Crippen molar-refractivity contribution in [1.29, 1.82) is 0 Å². The highest BCUT2D eigenvalue weighted by Crippen LogP contribution is 2.41. The summed E-state index contributed by atoms with van der Waals surface area (Å²) in [6.45, 7) is -0.955. The number of hydrogen-bond acceptors (Lipinski definition) is 4. The van der Waals surface area contributed by atoms with Gasteiger partial charge in [-0.2, -0.15) is 0 Å². The lowest BCUT2D eigenvalue weighted by molar-refractivity contribution is 0.0553. The molecule has 0 radical (unpaired) electrons. The molecule has 6 nitrogen and oxygen atoms in total. The van der Waals surface area contributed by atoms with Crippen LogP contribution < -0.4 is 0 Å². The molecule has 172 valence electrons. The van der Waals surface area contributed by atoms with Gasteiger partial charge in [0.15, 0.2) is 0 Å². The first kappa shape index (κ1) is 18.2. The maximum absolute atomic E-state index is 7.97. The van der Waals surface area contributed by atoms with Gasteiger partial charge >= 0.3 is 0 Å². The van der Waals surface area contributed by atoms with Gasteiger partial charge in [0.05, 0.1) is 34.0 Å². The van der Waals surface area contributed by atoms with Gasteiger partial charge in [-0.15, -0.1) is 5.10 Å². The van der Waals surface area contributed by atoms with Crippen LogP contribution in [0.4, 0.5) is 0 Å². The summed E-state index contributed by atoms with van der Waals surface area (Å²) in [5.41, 5.74) is 5.00. The maximum atomic E-state index is 7.97. The van der Waals surface area contributed by atoms with E-state index >= 15 is 0 Å². The number of benzene rings is 2. The van der Waals surface area contributed by atoms with E-state index in [1.54, 1.807) is 13.2 Å². The molecule has 0 saturated carbocycles. The van der Waals surface area contributed by atoms with Crippen molar-refractivity contribution in [3.63, 3.8) is 0 Å². The van der Waals surface area contributed by atoms with E-state index in [0.29, 0.717) is 22.2 Å². The Kier molecular flexibility index (Phi) is 4.55. The quantitative estimate of drug-likeness (QED) is 0.322. The molecule has 1 fully saturated rings. The van der Waals surface area contributed by atoms with E-state index in [1.807, 2.05) is 30.3 Å². The molecule has 1 aliphatic rings. The van der Waals surface area contributed by atoms with Crippen molar-refractivity contribution < 1.29 is 8.85 Å². The summed E-state index contributed by atoms with van der Waals surface area (Å²) >= 11 is 6.52. The van der Waals surface area contributed by atoms with Gasteiger partial charge < -0.3 is 9.30 Å². The van der Waals surface area contributed by atoms with Crippen molar-refractivity contribution in [3.8, 4) is 11.3 Å². The van der Waals surface area contributed by atoms with Gasteiger partial charge in [0, 0.05) is 46.5 Å². The predicted octanol–water partition coefficient (Wildman–Crippen LogP) is 5.96. The van der Waals surface area contributed by atoms with Gasteiger partial charge in [0.1, 0.15) is 0 Å². The van der Waals surface area contributed by atoms with Crippen LogP contribution in [0, 0.1) is 12.8 Å². The van der Waals surface area contributed by atoms with Crippen molar-refractivity contribution in [2.24, 2.45) is 13.0 Å². The van der Waals surface area contributed by atoms with Crippen LogP contribution >= 0.6 is 11.6 Å². The molecule has 2 aromatic carbocycles. The molecular formula is C27H26ClN5O. The van der Waals surface area contributed by atoms with Crippen molar-refractivity contribution in [3.05, 3.63) is 77.1 Å². The number of rotatable bonds is 4. The zero-order chi connectivity index (χ0) is 25.7. The topological polar surface area (TPSA) is 57.8 Å². The average Bonchev–Trinajstić information content (AvgIpc) is 3.43. The van der Waals surface area contributed by atoms with Gasteiger partial charge in [-0.1, -0.05) is 47.1 Å². The highest BCUT2D eigenvalue weighted by atomic mass is 35.5. The highest BCUT2D eigenvalue weighted by molar-refractivity contribution is 6.31. The Morgan fingerprint density at radius 2 is 1.91 bits per heavy atom. The molecule has 0 N–H and O–H groups in total. The lowest BCUT2D eigenvalue weighted by Gasteiger charge is -2.33. The molecule has 1 saturated heterocycles. The average molecular weight is 475 g/mol. The largest absolute Gasteiger partial charge is 0.381 e. The number of fused-ring (bicyclic) bond motifs is 3. The molecule has 7 heteroatoms. The highest BCUT2D eigenvalue weighted by Gasteiger charge is 2.30. The minimum atomic E-state index is -2.40. The molecule has 0 unspecified atom stereocenters. The number of nitrogens with zero attached hydrogens (tertiary/aromatic N) is 5. The van der Waals surface area contributed by atoms with E-state index in [-0.39, 0.29) is 11.7 Å². The van der Waals surface area contributed by atoms with Crippen molar-refractivity contribution in [2.75, 3.05) is 13.2 Å². The number of halogens is 1. The zero-order valence-electron chi connectivity index (χ0n) is 21.8. The standard InChI is InChI=1S/C27H26ClN5O/c1-17-26(32(2)31-30-17)20-14-24-25(29-16-20)22-9-8-21(28)15-23(22)33(24)27(18-6-4-3-5-7-18)19-10-12-34-13-11-19/h3-9,14-16,19,27H,10-13H2,1-2H3/t27-/m1/s1/i1D3. The fourth-order valence-electron chi connectivity index (χ4n) is 5.30. The molecule has 3 aromatic heterocycles. The van der Waals surface area contributed by atoms with Gasteiger partial charge in [0.2, 0.25) is 0 Å². The second-order valence-electron chi connectivity index (χ2n) is 8.84. The smallest absolute Gasteiger partial charge is 0.0960 e. The lowest BCUT2D eigenvalue weighted by Crippen LogP contribution is -2.26. The van der Waals surface area contributed by atoms with Gasteiger partial charge in [-0.05, 0) is 55.4 Å². The number of ether oxygens (including phenoxy) is 1. The first-order valence-electron chi connectivity index (χ1n) is 13.0. The Hall–Kier alpha value is -3.22. The molecule has 6 rings (SSSR count). The second-order valence-corrected chi connectivity index (χ2v) is 9.28. The van der Waals surface area contributed by atoms with Gasteiger partial charge in [0.25, 0.3) is 0 Å². The fraction of sp³-hybridized carbons (Fsp3) is 0.296. The number of hydrogen-bond donors (Lipinski definition) is 0. The van der Waals surface area contributed by atoms with Crippen LogP contribution in [0.2, 0.25) is 5.02 Å². The minimum Gasteiger partial charge on any atom is -0.381 e. The summed E-state index contributed by atoms with van der Waals surface area (Å²) in [4.78, 5) is 4.86. The van der Waals surface area contributed by atoms with Crippen molar-refractivity contribution in [1.82, 2.24) is 24.5 Å². The molecule has 4 heterocycles. The van der Waals surface area contributed by atoms with Crippen molar-refractivity contribution in [2.45, 2.75) is 25.7 Å². The summed E-state index contributed by atoms with van der Waals surface area (Å²) in [5, 5.41) is 9.62. The molecule has 0 aliphatic carbocycles. The van der Waals surface area contributed by atoms with Crippen LogP contribution in [0.1, 0.15) is 34.3 Å². The molecule has 1 aliphatic heterocycles. The fourth-order valence-corrected chi connectivity index (χ4v) is 5.47. The molecule has 0 bridgehead atoms. The van der Waals surface area contributed by atoms with Crippen LogP contribution in [0.5, 0.6) is 0 Å². The summed E-state index contributed by atoms with van der Waals surface area (Å²) in [5.74, 6) is 0.342. The van der Waals surface area contributed by atoms with E-state index in [2.05, 4.69) is 39.1 Å². The van der Waals surface area contributed by atoms with Gasteiger partial charge in [-0.3, -0.25) is 4.98 Å². The number of aromatic nitrogens is 5. The Labute approximate surface area is 207 Å². The molecular weight excluding hydrogens is 446 g/mol. The molecule has 0 amide bonds. The van der Waals surface area contributed by atoms with E-state index in [0.717, 1.165) is 48.0 Å². The Morgan fingerprint density at radius 1 is 1.09 bits per heavy atom. The zero-order valence-corrected chi connectivity index (χ0v) is 19.5. The van der Waals surface area contributed by atoms with E-state index in [4.69, 9.17) is 25.4 Å². The van der Waals surface area contributed by atoms with Crippen LogP contribution in [0.15, 0.2) is 60.8 Å². The second kappa shape index (κ2) is 8.53.